The predicted octanol–water partition coefficient (Wildman–Crippen LogP) is 2.70. The lowest BCUT2D eigenvalue weighted by Crippen LogP contribution is -2.10. The Morgan fingerprint density at radius 3 is 2.53 bits per heavy atom. The third kappa shape index (κ3) is 5.06. The van der Waals surface area contributed by atoms with Crippen molar-refractivity contribution in [1.29, 1.82) is 0 Å². The van der Waals surface area contributed by atoms with Gasteiger partial charge in [0.25, 0.3) is 0 Å². The fourth-order valence-electron chi connectivity index (χ4n) is 1.57. The van der Waals surface area contributed by atoms with Crippen LogP contribution in [0.2, 0.25) is 0 Å². The van der Waals surface area contributed by atoms with Crippen molar-refractivity contribution in [3.8, 4) is 0 Å². The number of unbranched alkanes of at least 4 members (excludes halogenated alkanes) is 1. The molecule has 0 unspecified atom stereocenters. The summed E-state index contributed by atoms with van der Waals surface area (Å²) in [6.07, 6.45) is 4.26. The molecule has 17 heavy (non-hydrogen) atoms. The van der Waals surface area contributed by atoms with Gasteiger partial charge in [-0.05, 0) is 24.1 Å². The van der Waals surface area contributed by atoms with Crippen LogP contribution in [-0.4, -0.2) is 14.7 Å². The van der Waals surface area contributed by atoms with E-state index in [2.05, 4.69) is 6.92 Å². The van der Waals surface area contributed by atoms with Crippen LogP contribution in [0.4, 0.5) is 0 Å². The molecule has 1 atom stereocenters. The van der Waals surface area contributed by atoms with Crippen molar-refractivity contribution in [3.05, 3.63) is 29.8 Å². The molecule has 0 aliphatic rings. The summed E-state index contributed by atoms with van der Waals surface area (Å²) in [7, 11) is -3.13. The molecule has 5 heteroatoms. The van der Waals surface area contributed by atoms with E-state index in [0.29, 0.717) is 4.90 Å². The zero-order chi connectivity index (χ0) is 12.2. The van der Waals surface area contributed by atoms with Gasteiger partial charge in [0.2, 0.25) is 0 Å². The van der Waals surface area contributed by atoms with Crippen LogP contribution < -0.4 is 5.73 Å². The van der Waals surface area contributed by atoms with Crippen molar-refractivity contribution in [2.75, 3.05) is 6.26 Å². The first kappa shape index (κ1) is 16.4. The average Bonchev–Trinajstić information content (AvgIpc) is 2.25. The second-order valence-corrected chi connectivity index (χ2v) is 6.11. The number of rotatable bonds is 5. The normalized spacial score (nSPS) is 12.9. The molecule has 0 heterocycles. The molecule has 0 fully saturated rings. The quantitative estimate of drug-likeness (QED) is 0.900. The van der Waals surface area contributed by atoms with Gasteiger partial charge < -0.3 is 5.73 Å². The number of hydrogen-bond acceptors (Lipinski definition) is 3. The Bertz CT molecular complexity index is 446. The molecule has 3 nitrogen and oxygen atoms in total. The summed E-state index contributed by atoms with van der Waals surface area (Å²) < 4.78 is 22.8. The highest BCUT2D eigenvalue weighted by Crippen LogP contribution is 2.19. The van der Waals surface area contributed by atoms with Crippen LogP contribution in [0, 0.1) is 0 Å². The van der Waals surface area contributed by atoms with Gasteiger partial charge in [-0.15, -0.1) is 12.4 Å². The maximum absolute atomic E-state index is 11.4. The molecule has 0 bridgehead atoms. The molecule has 0 saturated heterocycles. The Hall–Kier alpha value is -0.580. The predicted molar refractivity (Wildman–Crippen MR) is 73.3 cm³/mol. The van der Waals surface area contributed by atoms with E-state index in [-0.39, 0.29) is 18.4 Å². The molecule has 0 saturated carbocycles. The lowest BCUT2D eigenvalue weighted by Gasteiger charge is -2.12. The SMILES string of the molecule is CCCC[C@@H](N)c1cccc(S(C)(=O)=O)c1.Cl. The lowest BCUT2D eigenvalue weighted by molar-refractivity contribution is 0.596. The van der Waals surface area contributed by atoms with Gasteiger partial charge in [-0.1, -0.05) is 31.9 Å². The summed E-state index contributed by atoms with van der Waals surface area (Å²) in [6.45, 7) is 2.11. The Labute approximate surface area is 110 Å². The Morgan fingerprint density at radius 1 is 1.35 bits per heavy atom. The molecule has 0 radical (unpaired) electrons. The van der Waals surface area contributed by atoms with Gasteiger partial charge in [0, 0.05) is 12.3 Å². The van der Waals surface area contributed by atoms with Gasteiger partial charge in [0.1, 0.15) is 0 Å². The van der Waals surface area contributed by atoms with Crippen LogP contribution >= 0.6 is 12.4 Å². The zero-order valence-electron chi connectivity index (χ0n) is 10.2. The molecule has 0 amide bonds. The Kier molecular flexibility index (Phi) is 6.75. The van der Waals surface area contributed by atoms with Crippen molar-refractivity contribution in [1.82, 2.24) is 0 Å². The molecule has 1 rings (SSSR count). The Balaban J connectivity index is 0.00000256. The standard InChI is InChI=1S/C12H19NO2S.ClH/c1-3-4-8-12(13)10-6-5-7-11(9-10)16(2,14)15;/h5-7,9,12H,3-4,8,13H2,1-2H3;1H/t12-;/m1./s1. The maximum atomic E-state index is 11.4. The van der Waals surface area contributed by atoms with Gasteiger partial charge in [0.05, 0.1) is 4.90 Å². The van der Waals surface area contributed by atoms with Crippen molar-refractivity contribution in [3.63, 3.8) is 0 Å². The zero-order valence-corrected chi connectivity index (χ0v) is 11.9. The van der Waals surface area contributed by atoms with Crippen LogP contribution in [0.25, 0.3) is 0 Å². The summed E-state index contributed by atoms with van der Waals surface area (Å²) in [5.74, 6) is 0. The topological polar surface area (TPSA) is 60.2 Å². The van der Waals surface area contributed by atoms with Crippen LogP contribution in [-0.2, 0) is 9.84 Å². The van der Waals surface area contributed by atoms with E-state index in [1.54, 1.807) is 18.2 Å². The second-order valence-electron chi connectivity index (χ2n) is 4.09. The fourth-order valence-corrected chi connectivity index (χ4v) is 2.24. The monoisotopic (exact) mass is 277 g/mol. The molecule has 0 spiro atoms. The molecular formula is C12H20ClNO2S. The van der Waals surface area contributed by atoms with Gasteiger partial charge >= 0.3 is 0 Å². The first-order valence-corrected chi connectivity index (χ1v) is 7.40. The van der Waals surface area contributed by atoms with Gasteiger partial charge in [-0.2, -0.15) is 0 Å². The van der Waals surface area contributed by atoms with Gasteiger partial charge in [0.15, 0.2) is 9.84 Å². The summed E-state index contributed by atoms with van der Waals surface area (Å²) >= 11 is 0. The Morgan fingerprint density at radius 2 is 2.00 bits per heavy atom. The first-order chi connectivity index (χ1) is 7.45. The van der Waals surface area contributed by atoms with E-state index in [9.17, 15) is 8.42 Å². The van der Waals surface area contributed by atoms with Crippen LogP contribution in [0.5, 0.6) is 0 Å². The first-order valence-electron chi connectivity index (χ1n) is 5.50. The molecule has 1 aromatic carbocycles. The minimum Gasteiger partial charge on any atom is -0.324 e. The summed E-state index contributed by atoms with van der Waals surface area (Å²) in [5.41, 5.74) is 6.90. The molecular weight excluding hydrogens is 258 g/mol. The number of sulfone groups is 1. The minimum absolute atomic E-state index is 0. The maximum Gasteiger partial charge on any atom is 0.175 e. The minimum atomic E-state index is -3.13. The van der Waals surface area contributed by atoms with Crippen molar-refractivity contribution >= 4 is 22.2 Å². The molecule has 2 N–H and O–H groups in total. The van der Waals surface area contributed by atoms with Crippen LogP contribution in [0.3, 0.4) is 0 Å². The highest BCUT2D eigenvalue weighted by molar-refractivity contribution is 7.90. The third-order valence-corrected chi connectivity index (χ3v) is 3.69. The smallest absolute Gasteiger partial charge is 0.175 e. The van der Waals surface area contributed by atoms with E-state index >= 15 is 0 Å². The fraction of sp³-hybridized carbons (Fsp3) is 0.500. The van der Waals surface area contributed by atoms with Crippen molar-refractivity contribution < 1.29 is 8.42 Å². The van der Waals surface area contributed by atoms with E-state index in [1.807, 2.05) is 6.07 Å². The van der Waals surface area contributed by atoms with Crippen molar-refractivity contribution in [2.45, 2.75) is 37.1 Å². The van der Waals surface area contributed by atoms with E-state index in [1.165, 1.54) is 6.26 Å². The number of halogens is 1. The van der Waals surface area contributed by atoms with E-state index in [4.69, 9.17) is 5.73 Å². The number of benzene rings is 1. The highest BCUT2D eigenvalue weighted by atomic mass is 35.5. The average molecular weight is 278 g/mol. The molecule has 0 aromatic heterocycles. The van der Waals surface area contributed by atoms with Gasteiger partial charge in [-0.25, -0.2) is 8.42 Å². The number of nitrogens with two attached hydrogens (primary N) is 1. The summed E-state index contributed by atoms with van der Waals surface area (Å²) in [4.78, 5) is 0.344. The molecule has 98 valence electrons. The van der Waals surface area contributed by atoms with E-state index < -0.39 is 9.84 Å². The molecule has 0 aliphatic carbocycles. The summed E-state index contributed by atoms with van der Waals surface area (Å²) in [5, 5.41) is 0. The van der Waals surface area contributed by atoms with Crippen LogP contribution in [0.1, 0.15) is 37.8 Å². The van der Waals surface area contributed by atoms with E-state index in [0.717, 1.165) is 24.8 Å². The lowest BCUT2D eigenvalue weighted by atomic mass is 10.0. The van der Waals surface area contributed by atoms with Gasteiger partial charge in [-0.3, -0.25) is 0 Å². The highest BCUT2D eigenvalue weighted by Gasteiger charge is 2.10. The summed E-state index contributed by atoms with van der Waals surface area (Å²) in [6, 6.07) is 6.84. The second kappa shape index (κ2) is 6.99. The van der Waals surface area contributed by atoms with Crippen LogP contribution in [0.15, 0.2) is 29.2 Å². The van der Waals surface area contributed by atoms with Crippen molar-refractivity contribution in [2.24, 2.45) is 5.73 Å². The molecule has 0 aliphatic heterocycles. The third-order valence-electron chi connectivity index (χ3n) is 2.58. The molecule has 1 aromatic rings. The largest absolute Gasteiger partial charge is 0.324 e. The number of hydrogen-bond donors (Lipinski definition) is 1.